The number of nitrogens with zero attached hydrogens (tertiary/aromatic N) is 2. The molecule has 0 aliphatic heterocycles. The lowest BCUT2D eigenvalue weighted by atomic mass is 10.1. The molecular formula is C16H15FN4. The van der Waals surface area contributed by atoms with Crippen LogP contribution in [0.2, 0.25) is 0 Å². The zero-order chi connectivity index (χ0) is 14.7. The van der Waals surface area contributed by atoms with Gasteiger partial charge in [0.1, 0.15) is 0 Å². The highest BCUT2D eigenvalue weighted by Crippen LogP contribution is 2.29. The van der Waals surface area contributed by atoms with Crippen LogP contribution in [-0.4, -0.2) is 16.5 Å². The van der Waals surface area contributed by atoms with Crippen molar-refractivity contribution in [1.29, 1.82) is 0 Å². The number of nitrogens with one attached hydrogen (secondary N) is 1. The van der Waals surface area contributed by atoms with Gasteiger partial charge in [-0.15, -0.1) is 0 Å². The molecule has 3 rings (SSSR count). The Labute approximate surface area is 121 Å². The molecule has 21 heavy (non-hydrogen) atoms. The van der Waals surface area contributed by atoms with Gasteiger partial charge in [0.25, 0.3) is 0 Å². The van der Waals surface area contributed by atoms with Crippen LogP contribution in [0, 0.1) is 5.82 Å². The Morgan fingerprint density at radius 3 is 2.86 bits per heavy atom. The molecule has 0 saturated heterocycles. The van der Waals surface area contributed by atoms with Gasteiger partial charge in [-0.05, 0) is 36.2 Å². The van der Waals surface area contributed by atoms with Gasteiger partial charge in [-0.1, -0.05) is 6.07 Å². The van der Waals surface area contributed by atoms with Crippen molar-refractivity contribution in [2.24, 2.45) is 0 Å². The minimum Gasteiger partial charge on any atom is -0.398 e. The van der Waals surface area contributed by atoms with Crippen molar-refractivity contribution < 1.29 is 4.39 Å². The van der Waals surface area contributed by atoms with Gasteiger partial charge >= 0.3 is 0 Å². The molecule has 0 unspecified atom stereocenters. The Morgan fingerprint density at radius 1 is 1.19 bits per heavy atom. The van der Waals surface area contributed by atoms with Crippen molar-refractivity contribution in [3.05, 3.63) is 60.3 Å². The van der Waals surface area contributed by atoms with Crippen molar-refractivity contribution in [1.82, 2.24) is 9.97 Å². The molecule has 4 nitrogen and oxygen atoms in total. The second-order valence-electron chi connectivity index (χ2n) is 4.76. The highest BCUT2D eigenvalue weighted by molar-refractivity contribution is 5.98. The fourth-order valence-corrected chi connectivity index (χ4v) is 2.28. The normalized spacial score (nSPS) is 10.7. The van der Waals surface area contributed by atoms with Crippen LogP contribution in [0.15, 0.2) is 48.9 Å². The second-order valence-corrected chi connectivity index (χ2v) is 4.76. The van der Waals surface area contributed by atoms with Gasteiger partial charge in [0, 0.05) is 36.2 Å². The molecular weight excluding hydrogens is 267 g/mol. The summed E-state index contributed by atoms with van der Waals surface area (Å²) in [6, 6.07) is 8.83. The molecule has 5 heteroatoms. The lowest BCUT2D eigenvalue weighted by Gasteiger charge is -2.11. The number of hydrogen-bond donors (Lipinski definition) is 2. The summed E-state index contributed by atoms with van der Waals surface area (Å²) >= 11 is 0. The van der Waals surface area contributed by atoms with E-state index in [9.17, 15) is 4.39 Å². The van der Waals surface area contributed by atoms with E-state index in [1.54, 1.807) is 24.7 Å². The van der Waals surface area contributed by atoms with E-state index >= 15 is 0 Å². The van der Waals surface area contributed by atoms with Crippen molar-refractivity contribution in [2.45, 2.75) is 6.42 Å². The summed E-state index contributed by atoms with van der Waals surface area (Å²) in [5.41, 5.74) is 8.27. The standard InChI is InChI=1S/C16H15FN4/c17-13-9-14(18)12-4-2-7-20-15(12)16(13)21-8-5-11-3-1-6-19-10-11/h1-4,6-7,9-10,21H,5,8,18H2. The Kier molecular flexibility index (Phi) is 3.64. The maximum absolute atomic E-state index is 14.1. The molecule has 0 atom stereocenters. The van der Waals surface area contributed by atoms with E-state index in [1.165, 1.54) is 6.07 Å². The van der Waals surface area contributed by atoms with Gasteiger partial charge < -0.3 is 11.1 Å². The third kappa shape index (κ3) is 2.76. The molecule has 0 aliphatic rings. The summed E-state index contributed by atoms with van der Waals surface area (Å²) in [7, 11) is 0. The molecule has 1 aromatic carbocycles. The highest BCUT2D eigenvalue weighted by atomic mass is 19.1. The average molecular weight is 282 g/mol. The smallest absolute Gasteiger partial charge is 0.150 e. The molecule has 0 bridgehead atoms. The van der Waals surface area contributed by atoms with E-state index in [0.29, 0.717) is 23.4 Å². The van der Waals surface area contributed by atoms with Crippen molar-refractivity contribution >= 4 is 22.3 Å². The maximum atomic E-state index is 14.1. The number of halogens is 1. The molecule has 2 heterocycles. The molecule has 106 valence electrons. The van der Waals surface area contributed by atoms with Gasteiger partial charge in [-0.2, -0.15) is 0 Å². The van der Waals surface area contributed by atoms with Crippen LogP contribution in [0.1, 0.15) is 5.56 Å². The van der Waals surface area contributed by atoms with Crippen molar-refractivity contribution in [2.75, 3.05) is 17.6 Å². The van der Waals surface area contributed by atoms with Crippen molar-refractivity contribution in [3.8, 4) is 0 Å². The lowest BCUT2D eigenvalue weighted by molar-refractivity contribution is 0.632. The zero-order valence-corrected chi connectivity index (χ0v) is 11.4. The maximum Gasteiger partial charge on any atom is 0.150 e. The van der Waals surface area contributed by atoms with Crippen LogP contribution < -0.4 is 11.1 Å². The number of hydrogen-bond acceptors (Lipinski definition) is 4. The number of aromatic nitrogens is 2. The first-order chi connectivity index (χ1) is 10.3. The lowest BCUT2D eigenvalue weighted by Crippen LogP contribution is -2.08. The quantitative estimate of drug-likeness (QED) is 0.722. The van der Waals surface area contributed by atoms with Crippen LogP contribution in [-0.2, 0) is 6.42 Å². The Balaban J connectivity index is 1.84. The minimum absolute atomic E-state index is 0.384. The molecule has 2 aromatic heterocycles. The van der Waals surface area contributed by atoms with Crippen molar-refractivity contribution in [3.63, 3.8) is 0 Å². The molecule has 0 aliphatic carbocycles. The second kappa shape index (κ2) is 5.75. The van der Waals surface area contributed by atoms with Gasteiger partial charge in [0.15, 0.2) is 5.82 Å². The summed E-state index contributed by atoms with van der Waals surface area (Å²) in [4.78, 5) is 8.29. The average Bonchev–Trinajstić information content (AvgIpc) is 2.51. The molecule has 0 amide bonds. The number of benzene rings is 1. The fourth-order valence-electron chi connectivity index (χ4n) is 2.28. The van der Waals surface area contributed by atoms with Crippen LogP contribution in [0.3, 0.4) is 0 Å². The van der Waals surface area contributed by atoms with E-state index in [-0.39, 0.29) is 5.82 Å². The van der Waals surface area contributed by atoms with E-state index in [4.69, 9.17) is 5.73 Å². The SMILES string of the molecule is Nc1cc(F)c(NCCc2cccnc2)c2ncccc12. The van der Waals surface area contributed by atoms with E-state index in [0.717, 1.165) is 17.4 Å². The zero-order valence-electron chi connectivity index (χ0n) is 11.4. The van der Waals surface area contributed by atoms with Crippen LogP contribution in [0.25, 0.3) is 10.9 Å². The third-order valence-electron chi connectivity index (χ3n) is 3.31. The number of pyridine rings is 2. The summed E-state index contributed by atoms with van der Waals surface area (Å²) < 4.78 is 14.1. The molecule has 0 saturated carbocycles. The van der Waals surface area contributed by atoms with Gasteiger partial charge in [0.05, 0.1) is 11.2 Å². The van der Waals surface area contributed by atoms with E-state index in [2.05, 4.69) is 15.3 Å². The minimum atomic E-state index is -0.384. The highest BCUT2D eigenvalue weighted by Gasteiger charge is 2.11. The monoisotopic (exact) mass is 282 g/mol. The number of nitrogens with two attached hydrogens (primary N) is 1. The van der Waals surface area contributed by atoms with Gasteiger partial charge in [0.2, 0.25) is 0 Å². The number of nitrogen functional groups attached to an aromatic ring is 1. The van der Waals surface area contributed by atoms with E-state index < -0.39 is 0 Å². The Bertz CT molecular complexity index is 759. The largest absolute Gasteiger partial charge is 0.398 e. The number of rotatable bonds is 4. The summed E-state index contributed by atoms with van der Waals surface area (Å²) in [6.45, 7) is 0.595. The summed E-state index contributed by atoms with van der Waals surface area (Å²) in [6.07, 6.45) is 5.92. The molecule has 0 fully saturated rings. The number of fused-ring (bicyclic) bond motifs is 1. The molecule has 0 radical (unpaired) electrons. The van der Waals surface area contributed by atoms with Gasteiger partial charge in [-0.3, -0.25) is 9.97 Å². The molecule has 3 N–H and O–H groups in total. The van der Waals surface area contributed by atoms with Gasteiger partial charge in [-0.25, -0.2) is 4.39 Å². The van der Waals surface area contributed by atoms with Crippen LogP contribution in [0.5, 0.6) is 0 Å². The first-order valence-corrected chi connectivity index (χ1v) is 6.71. The topological polar surface area (TPSA) is 63.8 Å². The predicted molar refractivity (Wildman–Crippen MR) is 82.5 cm³/mol. The number of anilines is 2. The predicted octanol–water partition coefficient (Wildman–Crippen LogP) is 3.01. The Hall–Kier alpha value is -2.69. The first kappa shape index (κ1) is 13.3. The molecule has 0 spiro atoms. The van der Waals surface area contributed by atoms with E-state index in [1.807, 2.05) is 18.2 Å². The summed E-state index contributed by atoms with van der Waals surface area (Å²) in [5.74, 6) is -0.384. The Morgan fingerprint density at radius 2 is 2.05 bits per heavy atom. The summed E-state index contributed by atoms with van der Waals surface area (Å²) in [5, 5.41) is 3.86. The van der Waals surface area contributed by atoms with Crippen LogP contribution >= 0.6 is 0 Å². The van der Waals surface area contributed by atoms with Crippen LogP contribution in [0.4, 0.5) is 15.8 Å². The third-order valence-corrected chi connectivity index (χ3v) is 3.31. The fraction of sp³-hybridized carbons (Fsp3) is 0.125. The first-order valence-electron chi connectivity index (χ1n) is 6.71. The molecule has 3 aromatic rings.